The summed E-state index contributed by atoms with van der Waals surface area (Å²) in [4.78, 5) is 24.9. The third kappa shape index (κ3) is 3.53. The molecule has 0 fully saturated rings. The van der Waals surface area contributed by atoms with Crippen molar-refractivity contribution in [2.75, 3.05) is 11.5 Å². The van der Waals surface area contributed by atoms with Gasteiger partial charge in [0.2, 0.25) is 11.3 Å². The number of aromatic amines is 6. The number of H-pyrrole nitrogens is 6. The van der Waals surface area contributed by atoms with Crippen LogP contribution >= 0.6 is 24.4 Å². The normalized spacial score (nSPS) is 10.1. The Bertz CT molecular complexity index is 975. The summed E-state index contributed by atoms with van der Waals surface area (Å²) in [6.07, 6.45) is 3.12. The van der Waals surface area contributed by atoms with Crippen LogP contribution in [0.5, 0.6) is 0 Å². The Balaban J connectivity index is 0.000000160. The molecule has 4 heterocycles. The van der Waals surface area contributed by atoms with Gasteiger partial charge in [-0.15, -0.1) is 0 Å². The number of nitrogens with one attached hydrogen (secondary N) is 6. The first kappa shape index (κ1) is 17.0. The fourth-order valence-electron chi connectivity index (χ4n) is 1.81. The molecule has 0 amide bonds. The minimum atomic E-state index is 0. The van der Waals surface area contributed by atoms with Crippen molar-refractivity contribution < 1.29 is 27.0 Å². The van der Waals surface area contributed by atoms with Gasteiger partial charge in [-0.1, -0.05) is 0 Å². The van der Waals surface area contributed by atoms with Crippen LogP contribution in [0.4, 0.5) is 11.9 Å². The van der Waals surface area contributed by atoms with Crippen molar-refractivity contribution in [1.82, 2.24) is 29.9 Å². The van der Waals surface area contributed by atoms with Crippen molar-refractivity contribution in [3.05, 3.63) is 21.9 Å². The van der Waals surface area contributed by atoms with E-state index in [0.717, 1.165) is 11.0 Å². The molecule has 0 spiro atoms. The maximum Gasteiger partial charge on any atom is 0.353 e. The Labute approximate surface area is 149 Å². The standard InChI is InChI=1S/2C5H5N5S.Cu/c2*6-5-9-3-2(4(11)10-5)7-1-8-3;/h2*1H,(H4,6,7,8,9,10,11);/p+2. The summed E-state index contributed by atoms with van der Waals surface area (Å²) < 4.78 is 1.13. The van der Waals surface area contributed by atoms with Crippen LogP contribution in [0.2, 0.25) is 0 Å². The molecule has 4 aromatic rings. The van der Waals surface area contributed by atoms with Gasteiger partial charge in [-0.25, -0.2) is 29.9 Å². The van der Waals surface area contributed by atoms with E-state index < -0.39 is 0 Å². The van der Waals surface area contributed by atoms with Crippen molar-refractivity contribution in [1.29, 1.82) is 0 Å². The number of imidazole rings is 2. The number of hydrogen-bond acceptors (Lipinski definition) is 6. The molecular weight excluding hydrogens is 388 g/mol. The van der Waals surface area contributed by atoms with E-state index in [2.05, 4.69) is 39.9 Å². The van der Waals surface area contributed by atoms with E-state index >= 15 is 0 Å². The molecule has 10 nitrogen and oxygen atoms in total. The molecule has 0 aromatic carbocycles. The molecule has 13 heteroatoms. The van der Waals surface area contributed by atoms with Crippen LogP contribution in [0.25, 0.3) is 22.3 Å². The third-order valence-corrected chi connectivity index (χ3v) is 3.35. The van der Waals surface area contributed by atoms with Crippen LogP contribution < -0.4 is 21.4 Å². The Morgan fingerprint density at radius 1 is 0.826 bits per heavy atom. The fraction of sp³-hybridized carbons (Fsp3) is 0. The number of nitrogens with two attached hydrogens (primary N) is 2. The van der Waals surface area contributed by atoms with Crippen LogP contribution in [-0.2, 0) is 17.1 Å². The molecule has 0 saturated heterocycles. The largest absolute Gasteiger partial charge is 0.353 e. The zero-order chi connectivity index (χ0) is 15.7. The van der Waals surface area contributed by atoms with Crippen molar-refractivity contribution in [3.63, 3.8) is 0 Å². The summed E-state index contributed by atoms with van der Waals surface area (Å²) in [5.74, 6) is 0.823. The molecule has 23 heavy (non-hydrogen) atoms. The van der Waals surface area contributed by atoms with Gasteiger partial charge in [0.05, 0.1) is 12.7 Å². The van der Waals surface area contributed by atoms with E-state index in [1.54, 1.807) is 12.7 Å². The van der Waals surface area contributed by atoms with Gasteiger partial charge in [0, 0.05) is 17.1 Å². The van der Waals surface area contributed by atoms with Crippen LogP contribution in [0.15, 0.2) is 12.7 Å². The van der Waals surface area contributed by atoms with Gasteiger partial charge < -0.3 is 9.97 Å². The number of nitrogen functional groups attached to an aromatic ring is 2. The summed E-state index contributed by atoms with van der Waals surface area (Å²) in [5.41, 5.74) is 13.8. The minimum Gasteiger partial charge on any atom is -0.338 e. The van der Waals surface area contributed by atoms with Gasteiger partial charge in [0.25, 0.3) is 0 Å². The average molecular weight is 400 g/mol. The predicted molar refractivity (Wildman–Crippen MR) is 84.5 cm³/mol. The van der Waals surface area contributed by atoms with Gasteiger partial charge in [-0.05, 0) is 24.4 Å². The van der Waals surface area contributed by atoms with Crippen molar-refractivity contribution in [2.45, 2.75) is 0 Å². The maximum atomic E-state index is 5.45. The second-order valence-electron chi connectivity index (χ2n) is 4.24. The molecule has 0 aliphatic rings. The summed E-state index contributed by atoms with van der Waals surface area (Å²) in [5, 5.41) is 0. The fourth-order valence-corrected chi connectivity index (χ4v) is 2.34. The third-order valence-electron chi connectivity index (χ3n) is 2.74. The van der Waals surface area contributed by atoms with Crippen LogP contribution in [0.1, 0.15) is 0 Å². The van der Waals surface area contributed by atoms with E-state index in [0.29, 0.717) is 32.5 Å². The SMILES string of the molecule is Nc1[nH]c2nc[nH]c2c(=S)[nH+]1.Nc1[nH]c2nc[nH]c2c(=S)[nH+]1.[Cu]. The maximum absolute atomic E-state index is 5.45. The number of fused-ring (bicyclic) bond motifs is 2. The molecule has 0 unspecified atom stereocenters. The monoisotopic (exact) mass is 399 g/mol. The molecule has 0 saturated carbocycles. The van der Waals surface area contributed by atoms with Gasteiger partial charge in [0.1, 0.15) is 11.0 Å². The number of nitrogens with zero attached hydrogens (tertiary/aromatic N) is 2. The zero-order valence-corrected chi connectivity index (χ0v) is 13.9. The predicted octanol–water partition coefficient (Wildman–Crippen LogP) is 0.0311. The van der Waals surface area contributed by atoms with Gasteiger partial charge in [0.15, 0.2) is 9.28 Å². The summed E-state index contributed by atoms with van der Waals surface area (Å²) in [6.45, 7) is 0. The van der Waals surface area contributed by atoms with Crippen LogP contribution in [-0.4, -0.2) is 29.9 Å². The van der Waals surface area contributed by atoms with Crippen molar-refractivity contribution in [3.8, 4) is 0 Å². The first-order valence-corrected chi connectivity index (χ1v) is 6.84. The van der Waals surface area contributed by atoms with Crippen LogP contribution in [0.3, 0.4) is 0 Å². The molecule has 0 aliphatic carbocycles. The molecule has 4 aromatic heterocycles. The Morgan fingerprint density at radius 3 is 1.61 bits per heavy atom. The molecule has 0 aliphatic heterocycles. The minimum absolute atomic E-state index is 0. The molecule has 0 bridgehead atoms. The number of hydrogen-bond donors (Lipinski definition) is 6. The first-order chi connectivity index (χ1) is 10.5. The number of aromatic nitrogens is 8. The van der Waals surface area contributed by atoms with Crippen molar-refractivity contribution >= 4 is 58.7 Å². The molecule has 4 rings (SSSR count). The molecular formula is C10H12CuN10S2+2. The smallest absolute Gasteiger partial charge is 0.338 e. The number of rotatable bonds is 0. The molecule has 0 atom stereocenters. The second-order valence-corrected chi connectivity index (χ2v) is 5.05. The first-order valence-electron chi connectivity index (χ1n) is 6.03. The van der Waals surface area contributed by atoms with Crippen LogP contribution in [0, 0.1) is 9.28 Å². The molecule has 1 radical (unpaired) electrons. The quantitative estimate of drug-likeness (QED) is 0.180. The second kappa shape index (κ2) is 6.83. The van der Waals surface area contributed by atoms with E-state index in [-0.39, 0.29) is 17.1 Å². The van der Waals surface area contributed by atoms with E-state index in [1.165, 1.54) is 0 Å². The van der Waals surface area contributed by atoms with Gasteiger partial charge in [-0.2, -0.15) is 0 Å². The summed E-state index contributed by atoms with van der Waals surface area (Å²) in [7, 11) is 0. The van der Waals surface area contributed by atoms with Gasteiger partial charge >= 0.3 is 11.9 Å². The van der Waals surface area contributed by atoms with E-state index in [9.17, 15) is 0 Å². The van der Waals surface area contributed by atoms with E-state index in [1.807, 2.05) is 0 Å². The topological polar surface area (TPSA) is 169 Å². The Hall–Kier alpha value is -2.34. The zero-order valence-electron chi connectivity index (χ0n) is 11.3. The van der Waals surface area contributed by atoms with E-state index in [4.69, 9.17) is 35.9 Å². The Morgan fingerprint density at radius 2 is 1.22 bits per heavy atom. The summed E-state index contributed by atoms with van der Waals surface area (Å²) >= 11 is 9.94. The van der Waals surface area contributed by atoms with Gasteiger partial charge in [-0.3, -0.25) is 11.5 Å². The molecule has 123 valence electrons. The molecule has 10 N–H and O–H groups in total. The summed E-state index contributed by atoms with van der Waals surface area (Å²) in [6, 6.07) is 0. The Kier molecular flexibility index (Phi) is 5.05. The number of anilines is 2. The van der Waals surface area contributed by atoms with Crippen molar-refractivity contribution in [2.24, 2.45) is 0 Å². The average Bonchev–Trinajstić information content (AvgIpc) is 3.07.